The van der Waals surface area contributed by atoms with Gasteiger partial charge in [0, 0.05) is 19.1 Å². The summed E-state index contributed by atoms with van der Waals surface area (Å²) in [6.45, 7) is 3.43. The highest BCUT2D eigenvalue weighted by molar-refractivity contribution is 7.89. The summed E-state index contributed by atoms with van der Waals surface area (Å²) >= 11 is 0. The van der Waals surface area contributed by atoms with Crippen molar-refractivity contribution in [3.63, 3.8) is 0 Å². The van der Waals surface area contributed by atoms with Gasteiger partial charge in [-0.1, -0.05) is 12.1 Å². The van der Waals surface area contributed by atoms with Crippen LogP contribution in [0.25, 0.3) is 0 Å². The van der Waals surface area contributed by atoms with Gasteiger partial charge >= 0.3 is 0 Å². The number of nitrogens with two attached hydrogens (primary N) is 2. The van der Waals surface area contributed by atoms with E-state index in [-0.39, 0.29) is 10.9 Å². The minimum atomic E-state index is -3.61. The smallest absolute Gasteiger partial charge is 0.238 e. The number of likely N-dealkylation sites (N-methyl/N-ethyl adjacent to an activating group) is 1. The highest BCUT2D eigenvalue weighted by Crippen LogP contribution is 2.19. The van der Waals surface area contributed by atoms with Gasteiger partial charge in [0.05, 0.1) is 4.90 Å². The SMILES string of the molecule is CC(c1ccc(S(N)(=O)=O)cc1)N(C)CCN. The predicted octanol–water partition coefficient (Wildman–Crippen LogP) is 0.286. The maximum Gasteiger partial charge on any atom is 0.238 e. The Morgan fingerprint density at radius 3 is 2.24 bits per heavy atom. The van der Waals surface area contributed by atoms with Gasteiger partial charge in [0.25, 0.3) is 0 Å². The van der Waals surface area contributed by atoms with E-state index in [1.54, 1.807) is 12.1 Å². The van der Waals surface area contributed by atoms with Crippen LogP contribution in [0, 0.1) is 0 Å². The minimum absolute atomic E-state index is 0.134. The Balaban J connectivity index is 2.88. The Morgan fingerprint density at radius 1 is 1.29 bits per heavy atom. The van der Waals surface area contributed by atoms with Crippen molar-refractivity contribution in [3.8, 4) is 0 Å². The molecule has 4 N–H and O–H groups in total. The van der Waals surface area contributed by atoms with Crippen molar-refractivity contribution < 1.29 is 8.42 Å². The fourth-order valence-electron chi connectivity index (χ4n) is 1.59. The summed E-state index contributed by atoms with van der Waals surface area (Å²) in [4.78, 5) is 2.24. The van der Waals surface area contributed by atoms with Crippen molar-refractivity contribution in [1.29, 1.82) is 0 Å². The fraction of sp³-hybridized carbons (Fsp3) is 0.455. The topological polar surface area (TPSA) is 89.4 Å². The zero-order chi connectivity index (χ0) is 13.1. The summed E-state index contributed by atoms with van der Waals surface area (Å²) in [5, 5.41) is 5.04. The van der Waals surface area contributed by atoms with Crippen LogP contribution < -0.4 is 10.9 Å². The van der Waals surface area contributed by atoms with E-state index in [1.807, 2.05) is 14.0 Å². The maximum atomic E-state index is 11.1. The van der Waals surface area contributed by atoms with E-state index in [0.717, 1.165) is 12.1 Å². The Labute approximate surface area is 102 Å². The number of primary sulfonamides is 1. The standard InChI is InChI=1S/C11H19N3O2S/c1-9(14(2)8-7-12)10-3-5-11(6-4-10)17(13,15)16/h3-6,9H,7-8,12H2,1-2H3,(H2,13,15,16). The first-order valence-corrected chi connectivity index (χ1v) is 6.94. The molecule has 0 radical (unpaired) electrons. The third kappa shape index (κ3) is 3.78. The molecule has 6 heteroatoms. The second-order valence-corrected chi connectivity index (χ2v) is 5.62. The molecule has 1 rings (SSSR count). The Kier molecular flexibility index (Phi) is 4.64. The quantitative estimate of drug-likeness (QED) is 0.793. The van der Waals surface area contributed by atoms with Crippen LogP contribution in [0.3, 0.4) is 0 Å². The van der Waals surface area contributed by atoms with E-state index in [4.69, 9.17) is 10.9 Å². The number of rotatable bonds is 5. The normalized spacial score (nSPS) is 13.9. The van der Waals surface area contributed by atoms with Gasteiger partial charge < -0.3 is 5.73 Å². The first-order valence-electron chi connectivity index (χ1n) is 5.39. The molecule has 96 valence electrons. The number of nitrogens with zero attached hydrogens (tertiary/aromatic N) is 1. The highest BCUT2D eigenvalue weighted by Gasteiger charge is 2.12. The molecule has 1 aromatic carbocycles. The van der Waals surface area contributed by atoms with Crippen LogP contribution in [0.4, 0.5) is 0 Å². The lowest BCUT2D eigenvalue weighted by Gasteiger charge is -2.24. The van der Waals surface area contributed by atoms with Crippen LogP contribution in [-0.2, 0) is 10.0 Å². The molecule has 0 amide bonds. The lowest BCUT2D eigenvalue weighted by atomic mass is 10.1. The van der Waals surface area contributed by atoms with Gasteiger partial charge in [0.1, 0.15) is 0 Å². The maximum absolute atomic E-state index is 11.1. The monoisotopic (exact) mass is 257 g/mol. The number of hydrogen-bond acceptors (Lipinski definition) is 4. The number of hydrogen-bond donors (Lipinski definition) is 2. The van der Waals surface area contributed by atoms with E-state index in [2.05, 4.69) is 4.90 Å². The van der Waals surface area contributed by atoms with Gasteiger partial charge in [0.15, 0.2) is 0 Å². The highest BCUT2D eigenvalue weighted by atomic mass is 32.2. The van der Waals surface area contributed by atoms with Crippen LogP contribution in [-0.4, -0.2) is 33.5 Å². The van der Waals surface area contributed by atoms with E-state index >= 15 is 0 Å². The van der Waals surface area contributed by atoms with Crippen LogP contribution in [0.2, 0.25) is 0 Å². The molecule has 17 heavy (non-hydrogen) atoms. The van der Waals surface area contributed by atoms with E-state index in [1.165, 1.54) is 12.1 Å². The lowest BCUT2D eigenvalue weighted by molar-refractivity contribution is 0.269. The van der Waals surface area contributed by atoms with E-state index < -0.39 is 10.0 Å². The predicted molar refractivity (Wildman–Crippen MR) is 67.9 cm³/mol. The largest absolute Gasteiger partial charge is 0.329 e. The number of benzene rings is 1. The molecule has 0 saturated heterocycles. The first-order chi connectivity index (χ1) is 7.86. The molecule has 1 unspecified atom stereocenters. The van der Waals surface area contributed by atoms with Crippen LogP contribution >= 0.6 is 0 Å². The second-order valence-electron chi connectivity index (χ2n) is 4.06. The van der Waals surface area contributed by atoms with Crippen molar-refractivity contribution in [3.05, 3.63) is 29.8 Å². The molecule has 0 spiro atoms. The molecule has 0 aromatic heterocycles. The molecule has 0 fully saturated rings. The van der Waals surface area contributed by atoms with Gasteiger partial charge in [-0.05, 0) is 31.7 Å². The molecular weight excluding hydrogens is 238 g/mol. The van der Waals surface area contributed by atoms with Crippen molar-refractivity contribution in [2.24, 2.45) is 10.9 Å². The van der Waals surface area contributed by atoms with Gasteiger partial charge in [-0.3, -0.25) is 4.90 Å². The lowest BCUT2D eigenvalue weighted by Crippen LogP contribution is -2.28. The summed E-state index contributed by atoms with van der Waals surface area (Å²) in [6.07, 6.45) is 0. The molecule has 5 nitrogen and oxygen atoms in total. The molecular formula is C11H19N3O2S. The summed E-state index contributed by atoms with van der Waals surface area (Å²) in [5.41, 5.74) is 6.52. The zero-order valence-electron chi connectivity index (χ0n) is 10.1. The molecule has 0 aliphatic rings. The second kappa shape index (κ2) is 5.59. The van der Waals surface area contributed by atoms with Crippen LogP contribution in [0.15, 0.2) is 29.2 Å². The van der Waals surface area contributed by atoms with Crippen LogP contribution in [0.1, 0.15) is 18.5 Å². The first kappa shape index (κ1) is 14.1. The Bertz CT molecular complexity index is 456. The number of sulfonamides is 1. The minimum Gasteiger partial charge on any atom is -0.329 e. The fourth-order valence-corrected chi connectivity index (χ4v) is 2.10. The van der Waals surface area contributed by atoms with Gasteiger partial charge in [-0.2, -0.15) is 0 Å². The van der Waals surface area contributed by atoms with Gasteiger partial charge in [-0.15, -0.1) is 0 Å². The molecule has 0 saturated carbocycles. The van der Waals surface area contributed by atoms with Crippen molar-refractivity contribution in [2.45, 2.75) is 17.9 Å². The van der Waals surface area contributed by atoms with Crippen LogP contribution in [0.5, 0.6) is 0 Å². The van der Waals surface area contributed by atoms with Crippen molar-refractivity contribution in [1.82, 2.24) is 4.90 Å². The third-order valence-electron chi connectivity index (χ3n) is 2.83. The summed E-state index contributed by atoms with van der Waals surface area (Å²) < 4.78 is 22.2. The average molecular weight is 257 g/mol. The molecule has 1 aromatic rings. The zero-order valence-corrected chi connectivity index (χ0v) is 10.9. The third-order valence-corrected chi connectivity index (χ3v) is 3.76. The molecule has 1 atom stereocenters. The average Bonchev–Trinajstić information content (AvgIpc) is 2.27. The van der Waals surface area contributed by atoms with E-state index in [9.17, 15) is 8.42 Å². The van der Waals surface area contributed by atoms with Crippen molar-refractivity contribution >= 4 is 10.0 Å². The Morgan fingerprint density at radius 2 is 1.82 bits per heavy atom. The van der Waals surface area contributed by atoms with Gasteiger partial charge in [-0.25, -0.2) is 13.6 Å². The summed E-state index contributed by atoms with van der Waals surface area (Å²) in [5.74, 6) is 0. The molecule has 0 aliphatic carbocycles. The summed E-state index contributed by atoms with van der Waals surface area (Å²) in [7, 11) is -1.63. The van der Waals surface area contributed by atoms with E-state index in [0.29, 0.717) is 6.54 Å². The summed E-state index contributed by atoms with van der Waals surface area (Å²) in [6, 6.07) is 6.79. The molecule has 0 heterocycles. The molecule has 0 bridgehead atoms. The molecule has 0 aliphatic heterocycles. The van der Waals surface area contributed by atoms with Gasteiger partial charge in [0.2, 0.25) is 10.0 Å². The van der Waals surface area contributed by atoms with Crippen molar-refractivity contribution in [2.75, 3.05) is 20.1 Å². The Hall–Kier alpha value is -0.950.